The number of hydrogen-bond donors (Lipinski definition) is 1. The molecule has 0 aliphatic carbocycles. The lowest BCUT2D eigenvalue weighted by atomic mass is 10.2. The number of hydrogen-bond acceptors (Lipinski definition) is 4. The van der Waals surface area contributed by atoms with Gasteiger partial charge in [-0.15, -0.1) is 11.3 Å². The van der Waals surface area contributed by atoms with Crippen molar-refractivity contribution in [2.24, 2.45) is 0 Å². The van der Waals surface area contributed by atoms with Crippen LogP contribution in [0.4, 0.5) is 5.95 Å². The fourth-order valence-corrected chi connectivity index (χ4v) is 3.17. The fourth-order valence-electron chi connectivity index (χ4n) is 2.01. The molecule has 2 aromatic heterocycles. The highest BCUT2D eigenvalue weighted by Gasteiger charge is 2.11. The third-order valence-electron chi connectivity index (χ3n) is 3.08. The van der Waals surface area contributed by atoms with Crippen molar-refractivity contribution in [1.29, 1.82) is 0 Å². The van der Waals surface area contributed by atoms with Gasteiger partial charge in [0.25, 0.3) is 0 Å². The smallest absolute Gasteiger partial charge is 0.224 e. The van der Waals surface area contributed by atoms with Crippen molar-refractivity contribution >= 4 is 28.9 Å². The Balaban J connectivity index is 1.77. The molecule has 0 fully saturated rings. The van der Waals surface area contributed by atoms with Crippen LogP contribution in [0.25, 0.3) is 10.4 Å². The molecule has 0 radical (unpaired) electrons. The molecule has 3 rings (SSSR count). The zero-order valence-electron chi connectivity index (χ0n) is 11.5. The molecule has 1 atom stereocenters. The molecule has 0 aliphatic heterocycles. The molecular weight excluding hydrogens is 302 g/mol. The first-order valence-corrected chi connectivity index (χ1v) is 7.82. The highest BCUT2D eigenvalue weighted by Crippen LogP contribution is 2.32. The monoisotopic (exact) mass is 315 g/mol. The van der Waals surface area contributed by atoms with Crippen molar-refractivity contribution in [1.82, 2.24) is 9.97 Å². The van der Waals surface area contributed by atoms with Gasteiger partial charge in [0, 0.05) is 16.0 Å². The van der Waals surface area contributed by atoms with Crippen molar-refractivity contribution in [3.63, 3.8) is 0 Å². The average Bonchev–Trinajstić information content (AvgIpc) is 2.98. The van der Waals surface area contributed by atoms with Gasteiger partial charge in [-0.2, -0.15) is 0 Å². The van der Waals surface area contributed by atoms with Crippen molar-refractivity contribution < 1.29 is 0 Å². The first-order valence-electron chi connectivity index (χ1n) is 6.62. The summed E-state index contributed by atoms with van der Waals surface area (Å²) in [7, 11) is 0. The van der Waals surface area contributed by atoms with Gasteiger partial charge in [-0.1, -0.05) is 41.9 Å². The van der Waals surface area contributed by atoms with Crippen LogP contribution in [-0.4, -0.2) is 9.97 Å². The van der Waals surface area contributed by atoms with Gasteiger partial charge >= 0.3 is 0 Å². The lowest BCUT2D eigenvalue weighted by Gasteiger charge is -2.11. The third-order valence-corrected chi connectivity index (χ3v) is 4.61. The SMILES string of the molecule is C[C@H](Nc1nccc(Cl)n1)c1ccc(-c2ccccc2)s1. The van der Waals surface area contributed by atoms with E-state index in [4.69, 9.17) is 11.6 Å². The zero-order valence-corrected chi connectivity index (χ0v) is 13.0. The van der Waals surface area contributed by atoms with Crippen LogP contribution < -0.4 is 5.32 Å². The van der Waals surface area contributed by atoms with Crippen LogP contribution in [0.1, 0.15) is 17.8 Å². The number of anilines is 1. The molecule has 3 aromatic rings. The second kappa shape index (κ2) is 6.24. The molecule has 0 saturated carbocycles. The van der Waals surface area contributed by atoms with E-state index in [0.717, 1.165) is 0 Å². The Morgan fingerprint density at radius 3 is 2.67 bits per heavy atom. The number of rotatable bonds is 4. The minimum Gasteiger partial charge on any atom is -0.347 e. The van der Waals surface area contributed by atoms with Crippen LogP contribution >= 0.6 is 22.9 Å². The molecule has 0 spiro atoms. The van der Waals surface area contributed by atoms with E-state index in [-0.39, 0.29) is 6.04 Å². The highest BCUT2D eigenvalue weighted by atomic mass is 35.5. The fraction of sp³-hybridized carbons (Fsp3) is 0.125. The maximum Gasteiger partial charge on any atom is 0.224 e. The first kappa shape index (κ1) is 14.0. The van der Waals surface area contributed by atoms with Crippen LogP contribution in [0, 0.1) is 0 Å². The average molecular weight is 316 g/mol. The van der Waals surface area contributed by atoms with Crippen molar-refractivity contribution in [3.05, 3.63) is 64.8 Å². The maximum absolute atomic E-state index is 5.87. The van der Waals surface area contributed by atoms with Crippen molar-refractivity contribution in [2.45, 2.75) is 13.0 Å². The summed E-state index contributed by atoms with van der Waals surface area (Å²) in [6.45, 7) is 2.09. The molecule has 1 N–H and O–H groups in total. The molecule has 5 heteroatoms. The van der Waals surface area contributed by atoms with E-state index in [0.29, 0.717) is 11.1 Å². The predicted octanol–water partition coefficient (Wildman–Crippen LogP) is 5.03. The summed E-state index contributed by atoms with van der Waals surface area (Å²) in [5.41, 5.74) is 1.24. The lowest BCUT2D eigenvalue weighted by molar-refractivity contribution is 0.880. The van der Waals surface area contributed by atoms with Gasteiger partial charge in [0.1, 0.15) is 5.15 Å². The molecule has 0 amide bonds. The Morgan fingerprint density at radius 1 is 1.10 bits per heavy atom. The highest BCUT2D eigenvalue weighted by molar-refractivity contribution is 7.15. The summed E-state index contributed by atoms with van der Waals surface area (Å²) in [5, 5.41) is 3.71. The topological polar surface area (TPSA) is 37.8 Å². The van der Waals surface area contributed by atoms with Crippen LogP contribution in [0.2, 0.25) is 5.15 Å². The molecule has 1 aromatic carbocycles. The molecule has 0 bridgehead atoms. The second-order valence-corrected chi connectivity index (χ2v) is 6.14. The Kier molecular flexibility index (Phi) is 4.18. The van der Waals surface area contributed by atoms with E-state index < -0.39 is 0 Å². The lowest BCUT2D eigenvalue weighted by Crippen LogP contribution is -2.07. The van der Waals surface area contributed by atoms with E-state index >= 15 is 0 Å². The van der Waals surface area contributed by atoms with Gasteiger partial charge in [0.05, 0.1) is 6.04 Å². The number of benzene rings is 1. The van der Waals surface area contributed by atoms with Gasteiger partial charge in [0.15, 0.2) is 0 Å². The van der Waals surface area contributed by atoms with Crippen molar-refractivity contribution in [2.75, 3.05) is 5.32 Å². The summed E-state index contributed by atoms with van der Waals surface area (Å²) in [6.07, 6.45) is 1.65. The van der Waals surface area contributed by atoms with E-state index in [1.54, 1.807) is 23.6 Å². The predicted molar refractivity (Wildman–Crippen MR) is 88.8 cm³/mol. The van der Waals surface area contributed by atoms with Gasteiger partial charge in [-0.3, -0.25) is 0 Å². The largest absolute Gasteiger partial charge is 0.347 e. The Labute approximate surface area is 132 Å². The summed E-state index contributed by atoms with van der Waals surface area (Å²) in [6, 6.07) is 16.4. The maximum atomic E-state index is 5.87. The number of thiophene rings is 1. The molecule has 3 nitrogen and oxygen atoms in total. The normalized spacial score (nSPS) is 12.1. The van der Waals surface area contributed by atoms with E-state index in [1.807, 2.05) is 6.07 Å². The molecule has 0 saturated heterocycles. The summed E-state index contributed by atoms with van der Waals surface area (Å²) >= 11 is 7.64. The van der Waals surface area contributed by atoms with E-state index in [9.17, 15) is 0 Å². The Bertz CT molecular complexity index is 727. The summed E-state index contributed by atoms with van der Waals surface area (Å²) < 4.78 is 0. The van der Waals surface area contributed by atoms with Crippen LogP contribution in [-0.2, 0) is 0 Å². The first-order chi connectivity index (χ1) is 10.2. The molecule has 0 unspecified atom stereocenters. The minimum absolute atomic E-state index is 0.130. The van der Waals surface area contributed by atoms with Crippen LogP contribution in [0.5, 0.6) is 0 Å². The Hall–Kier alpha value is -1.91. The zero-order chi connectivity index (χ0) is 14.7. The molecule has 2 heterocycles. The van der Waals surface area contributed by atoms with E-state index in [2.05, 4.69) is 58.6 Å². The molecular formula is C16H14ClN3S. The summed E-state index contributed by atoms with van der Waals surface area (Å²) in [4.78, 5) is 10.8. The number of nitrogens with one attached hydrogen (secondary N) is 1. The number of nitrogens with zero attached hydrogens (tertiary/aromatic N) is 2. The van der Waals surface area contributed by atoms with Gasteiger partial charge in [0.2, 0.25) is 5.95 Å². The standard InChI is InChI=1S/C16H14ClN3S/c1-11(19-16-18-10-9-15(17)20-16)13-7-8-14(21-13)12-5-3-2-4-6-12/h2-11H,1H3,(H,18,19,20)/t11-/m0/s1. The van der Waals surface area contributed by atoms with Crippen LogP contribution in [0.15, 0.2) is 54.7 Å². The van der Waals surface area contributed by atoms with Gasteiger partial charge < -0.3 is 5.32 Å². The summed E-state index contributed by atoms with van der Waals surface area (Å²) in [5.74, 6) is 0.546. The van der Waals surface area contributed by atoms with E-state index in [1.165, 1.54) is 15.3 Å². The Morgan fingerprint density at radius 2 is 1.90 bits per heavy atom. The molecule has 106 valence electrons. The number of halogens is 1. The second-order valence-electron chi connectivity index (χ2n) is 4.64. The quantitative estimate of drug-likeness (QED) is 0.686. The minimum atomic E-state index is 0.130. The number of aromatic nitrogens is 2. The van der Waals surface area contributed by atoms with Crippen molar-refractivity contribution in [3.8, 4) is 10.4 Å². The molecule has 0 aliphatic rings. The van der Waals surface area contributed by atoms with Crippen LogP contribution in [0.3, 0.4) is 0 Å². The third kappa shape index (κ3) is 3.40. The van der Waals surface area contributed by atoms with Gasteiger partial charge in [-0.05, 0) is 30.7 Å². The van der Waals surface area contributed by atoms with Gasteiger partial charge in [-0.25, -0.2) is 9.97 Å². The molecule has 21 heavy (non-hydrogen) atoms.